The number of carbonyl (C=O) groups is 1. The van der Waals surface area contributed by atoms with E-state index in [1.165, 1.54) is 19.2 Å². The molecule has 2 aromatic heterocycles. The highest BCUT2D eigenvalue weighted by Crippen LogP contribution is 2.29. The van der Waals surface area contributed by atoms with Gasteiger partial charge in [0.15, 0.2) is 0 Å². The van der Waals surface area contributed by atoms with Crippen LogP contribution in [0.4, 0.5) is 5.82 Å². The van der Waals surface area contributed by atoms with Crippen LogP contribution < -0.4 is 5.32 Å². The Morgan fingerprint density at radius 2 is 1.65 bits per heavy atom. The van der Waals surface area contributed by atoms with Crippen molar-refractivity contribution in [1.82, 2.24) is 13.7 Å². The summed E-state index contributed by atoms with van der Waals surface area (Å²) in [5.41, 5.74) is 3.16. The summed E-state index contributed by atoms with van der Waals surface area (Å²) in [6.07, 6.45) is 1.82. The van der Waals surface area contributed by atoms with Crippen LogP contribution >= 0.6 is 0 Å². The van der Waals surface area contributed by atoms with Crippen molar-refractivity contribution in [2.75, 3.05) is 18.9 Å². The van der Waals surface area contributed by atoms with Crippen LogP contribution in [0, 0.1) is 6.92 Å². The van der Waals surface area contributed by atoms with E-state index in [0.29, 0.717) is 11.5 Å². The van der Waals surface area contributed by atoms with E-state index in [1.54, 1.807) is 22.6 Å². The number of anilines is 1. The molecular weight excluding hydrogens is 412 g/mol. The van der Waals surface area contributed by atoms with Gasteiger partial charge in [0, 0.05) is 18.8 Å². The van der Waals surface area contributed by atoms with Crippen molar-refractivity contribution in [3.05, 3.63) is 84.6 Å². The number of imidazole rings is 1. The minimum Gasteiger partial charge on any atom is -0.309 e. The van der Waals surface area contributed by atoms with Crippen molar-refractivity contribution in [1.29, 1.82) is 0 Å². The Kier molecular flexibility index (Phi) is 5.58. The van der Waals surface area contributed by atoms with Crippen molar-refractivity contribution in [3.8, 4) is 11.3 Å². The molecule has 0 unspecified atom stereocenters. The number of rotatable bonds is 6. The Morgan fingerprint density at radius 1 is 1.00 bits per heavy atom. The Labute approximate surface area is 181 Å². The van der Waals surface area contributed by atoms with Gasteiger partial charge in [-0.2, -0.15) is 4.31 Å². The quantitative estimate of drug-likeness (QED) is 0.503. The Balaban J connectivity index is 1.65. The molecular formula is C23H22N4O3S. The fraction of sp³-hybridized carbons (Fsp3) is 0.130. The normalized spacial score (nSPS) is 11.7. The third-order valence-electron chi connectivity index (χ3n) is 4.97. The molecule has 0 saturated carbocycles. The molecule has 0 radical (unpaired) electrons. The zero-order valence-electron chi connectivity index (χ0n) is 17.2. The first-order valence-electron chi connectivity index (χ1n) is 9.72. The molecule has 0 spiro atoms. The summed E-state index contributed by atoms with van der Waals surface area (Å²) in [6.45, 7) is 1.62. The van der Waals surface area contributed by atoms with E-state index >= 15 is 0 Å². The molecule has 2 aromatic carbocycles. The molecule has 0 saturated heterocycles. The number of aryl methyl sites for hydroxylation is 1. The smallest absolute Gasteiger partial charge is 0.243 e. The summed E-state index contributed by atoms with van der Waals surface area (Å²) in [5, 5.41) is 2.87. The summed E-state index contributed by atoms with van der Waals surface area (Å²) in [7, 11) is -2.39. The molecule has 0 aliphatic heterocycles. The van der Waals surface area contributed by atoms with Gasteiger partial charge in [-0.3, -0.25) is 9.20 Å². The fourth-order valence-electron chi connectivity index (χ4n) is 3.35. The van der Waals surface area contributed by atoms with Gasteiger partial charge >= 0.3 is 0 Å². The molecule has 8 heteroatoms. The summed E-state index contributed by atoms with van der Waals surface area (Å²) in [4.78, 5) is 17.7. The SMILES string of the molecule is Cc1cccn2c(NC(=O)CN(C)S(=O)(=O)c3ccccc3)c(-c3ccccc3)nc12. The Bertz CT molecular complexity index is 1330. The lowest BCUT2D eigenvalue weighted by molar-refractivity contribution is -0.116. The molecule has 1 N–H and O–H groups in total. The van der Waals surface area contributed by atoms with Gasteiger partial charge in [-0.25, -0.2) is 13.4 Å². The highest BCUT2D eigenvalue weighted by Gasteiger charge is 2.24. The van der Waals surface area contributed by atoms with E-state index in [2.05, 4.69) is 5.32 Å². The number of sulfonamides is 1. The van der Waals surface area contributed by atoms with Crippen LogP contribution in [0.1, 0.15) is 5.56 Å². The van der Waals surface area contributed by atoms with Crippen LogP contribution in [-0.2, 0) is 14.8 Å². The predicted octanol–water partition coefficient (Wildman–Crippen LogP) is 3.57. The number of aromatic nitrogens is 2. The largest absolute Gasteiger partial charge is 0.309 e. The maximum atomic E-state index is 12.9. The number of nitrogens with zero attached hydrogens (tertiary/aromatic N) is 3. The number of likely N-dealkylation sites (N-methyl/N-ethyl adjacent to an activating group) is 1. The maximum Gasteiger partial charge on any atom is 0.243 e. The van der Waals surface area contributed by atoms with Crippen molar-refractivity contribution in [2.45, 2.75) is 11.8 Å². The van der Waals surface area contributed by atoms with Crippen molar-refractivity contribution in [2.24, 2.45) is 0 Å². The van der Waals surface area contributed by atoms with Gasteiger partial charge in [-0.05, 0) is 30.7 Å². The van der Waals surface area contributed by atoms with Crippen LogP contribution in [0.15, 0.2) is 83.9 Å². The molecule has 0 bridgehead atoms. The maximum absolute atomic E-state index is 12.9. The van der Waals surface area contributed by atoms with Crippen molar-refractivity contribution < 1.29 is 13.2 Å². The van der Waals surface area contributed by atoms with E-state index in [4.69, 9.17) is 4.98 Å². The standard InChI is InChI=1S/C23H22N4O3S/c1-17-10-9-15-27-22(17)25-21(18-11-5-3-6-12-18)23(27)24-20(28)16-26(2)31(29,30)19-13-7-4-8-14-19/h3-15H,16H2,1-2H3,(H,24,28). The average Bonchev–Trinajstić information content (AvgIpc) is 3.14. The monoisotopic (exact) mass is 434 g/mol. The highest BCUT2D eigenvalue weighted by atomic mass is 32.2. The Morgan fingerprint density at radius 3 is 2.32 bits per heavy atom. The van der Waals surface area contributed by atoms with Crippen molar-refractivity contribution >= 4 is 27.4 Å². The molecule has 2 heterocycles. The van der Waals surface area contributed by atoms with Gasteiger partial charge in [0.2, 0.25) is 15.9 Å². The van der Waals surface area contributed by atoms with E-state index in [9.17, 15) is 13.2 Å². The zero-order chi connectivity index (χ0) is 22.0. The van der Waals surface area contributed by atoms with Gasteiger partial charge in [0.1, 0.15) is 17.2 Å². The second kappa shape index (κ2) is 8.33. The number of amides is 1. The van der Waals surface area contributed by atoms with Gasteiger partial charge in [-0.1, -0.05) is 54.6 Å². The van der Waals surface area contributed by atoms with Crippen LogP contribution in [0.5, 0.6) is 0 Å². The molecule has 0 atom stereocenters. The van der Waals surface area contributed by atoms with Crippen LogP contribution in [0.2, 0.25) is 0 Å². The van der Waals surface area contributed by atoms with E-state index < -0.39 is 15.9 Å². The molecule has 7 nitrogen and oxygen atoms in total. The van der Waals surface area contributed by atoms with Crippen LogP contribution in [0.3, 0.4) is 0 Å². The Hall–Kier alpha value is -3.49. The molecule has 0 aliphatic rings. The summed E-state index contributed by atoms with van der Waals surface area (Å²) in [6, 6.07) is 21.4. The number of nitrogens with one attached hydrogen (secondary N) is 1. The third-order valence-corrected chi connectivity index (χ3v) is 6.79. The number of hydrogen-bond donors (Lipinski definition) is 1. The summed E-state index contributed by atoms with van der Waals surface area (Å²) >= 11 is 0. The first-order chi connectivity index (χ1) is 14.9. The van der Waals surface area contributed by atoms with E-state index in [-0.39, 0.29) is 11.4 Å². The molecule has 158 valence electrons. The minimum absolute atomic E-state index is 0.140. The molecule has 1 amide bonds. The van der Waals surface area contributed by atoms with Gasteiger partial charge in [0.25, 0.3) is 0 Å². The lowest BCUT2D eigenvalue weighted by Crippen LogP contribution is -2.35. The molecule has 0 fully saturated rings. The lowest BCUT2D eigenvalue weighted by atomic mass is 10.1. The van der Waals surface area contributed by atoms with Gasteiger partial charge < -0.3 is 5.32 Å². The summed E-state index contributed by atoms with van der Waals surface area (Å²) in [5.74, 6) is 0.0444. The fourth-order valence-corrected chi connectivity index (χ4v) is 4.50. The predicted molar refractivity (Wildman–Crippen MR) is 120 cm³/mol. The lowest BCUT2D eigenvalue weighted by Gasteiger charge is -2.17. The first-order valence-corrected chi connectivity index (χ1v) is 11.2. The molecule has 4 aromatic rings. The highest BCUT2D eigenvalue weighted by molar-refractivity contribution is 7.89. The molecule has 31 heavy (non-hydrogen) atoms. The topological polar surface area (TPSA) is 83.8 Å². The van der Waals surface area contributed by atoms with Crippen LogP contribution in [-0.4, -0.2) is 41.6 Å². The van der Waals surface area contributed by atoms with E-state index in [1.807, 2.05) is 55.6 Å². The number of benzene rings is 2. The van der Waals surface area contributed by atoms with Crippen LogP contribution in [0.25, 0.3) is 16.9 Å². The van der Waals surface area contributed by atoms with Gasteiger partial charge in [0.05, 0.1) is 11.4 Å². The number of carbonyl (C=O) groups excluding carboxylic acids is 1. The third kappa shape index (κ3) is 4.08. The minimum atomic E-state index is -3.77. The molecule has 4 rings (SSSR count). The second-order valence-corrected chi connectivity index (χ2v) is 9.23. The second-order valence-electron chi connectivity index (χ2n) is 7.18. The molecule has 0 aliphatic carbocycles. The first kappa shape index (κ1) is 20.8. The zero-order valence-corrected chi connectivity index (χ0v) is 18.0. The average molecular weight is 435 g/mol. The van der Waals surface area contributed by atoms with Crippen molar-refractivity contribution in [3.63, 3.8) is 0 Å². The van der Waals surface area contributed by atoms with E-state index in [0.717, 1.165) is 21.1 Å². The number of hydrogen-bond acceptors (Lipinski definition) is 4. The summed E-state index contributed by atoms with van der Waals surface area (Å²) < 4.78 is 28.3. The number of pyridine rings is 1. The van der Waals surface area contributed by atoms with Gasteiger partial charge in [-0.15, -0.1) is 0 Å². The number of fused-ring (bicyclic) bond motifs is 1.